The highest BCUT2D eigenvalue weighted by molar-refractivity contribution is 6.04. The van der Waals surface area contributed by atoms with E-state index in [0.29, 0.717) is 17.1 Å². The molecule has 86 valence electrons. The smallest absolute Gasteiger partial charge is 0.255 e. The molecule has 0 saturated carbocycles. The van der Waals surface area contributed by atoms with E-state index in [2.05, 4.69) is 10.3 Å². The molecule has 0 spiro atoms. The first-order valence-corrected chi connectivity index (χ1v) is 4.97. The number of phenols is 1. The lowest BCUT2D eigenvalue weighted by molar-refractivity contribution is 0.102. The van der Waals surface area contributed by atoms with E-state index in [1.807, 2.05) is 0 Å². The number of nitrogens with one attached hydrogen (secondary N) is 1. The average molecular weight is 229 g/mol. The van der Waals surface area contributed by atoms with E-state index >= 15 is 0 Å². The number of aromatic nitrogens is 1. The summed E-state index contributed by atoms with van der Waals surface area (Å²) in [6, 6.07) is 9.36. The third-order valence-corrected chi connectivity index (χ3v) is 2.15. The van der Waals surface area contributed by atoms with Gasteiger partial charge in [0.25, 0.3) is 5.91 Å². The van der Waals surface area contributed by atoms with Gasteiger partial charge in [-0.3, -0.25) is 4.79 Å². The van der Waals surface area contributed by atoms with Gasteiger partial charge in [0, 0.05) is 5.56 Å². The maximum Gasteiger partial charge on any atom is 0.255 e. The van der Waals surface area contributed by atoms with Crippen molar-refractivity contribution >= 4 is 17.4 Å². The van der Waals surface area contributed by atoms with E-state index in [1.165, 1.54) is 18.3 Å². The highest BCUT2D eigenvalue weighted by Gasteiger charge is 2.06. The molecule has 0 saturated heterocycles. The maximum absolute atomic E-state index is 11.8. The molecule has 5 heteroatoms. The normalized spacial score (nSPS) is 9.88. The first-order chi connectivity index (χ1) is 8.15. The molecule has 1 amide bonds. The highest BCUT2D eigenvalue weighted by Crippen LogP contribution is 2.13. The highest BCUT2D eigenvalue weighted by atomic mass is 16.3. The first kappa shape index (κ1) is 10.9. The molecule has 1 aromatic carbocycles. The van der Waals surface area contributed by atoms with E-state index in [1.54, 1.807) is 24.3 Å². The Balaban J connectivity index is 2.14. The molecule has 2 aromatic rings. The summed E-state index contributed by atoms with van der Waals surface area (Å²) in [5.74, 6) is 0.126. The molecule has 1 heterocycles. The molecule has 2 rings (SSSR count). The van der Waals surface area contributed by atoms with Crippen LogP contribution in [0.5, 0.6) is 5.75 Å². The molecule has 0 atom stereocenters. The van der Waals surface area contributed by atoms with Crippen molar-refractivity contribution in [2.45, 2.75) is 0 Å². The van der Waals surface area contributed by atoms with Crippen LogP contribution in [0.3, 0.4) is 0 Å². The number of carbonyl (C=O) groups is 1. The SMILES string of the molecule is Nc1ccc(NC(=O)c2cccc(O)c2)cn1. The van der Waals surface area contributed by atoms with Gasteiger partial charge < -0.3 is 16.2 Å². The standard InChI is InChI=1S/C12H11N3O2/c13-11-5-4-9(7-14-11)15-12(17)8-2-1-3-10(16)6-8/h1-7,16H,(H2,13,14)(H,15,17). The minimum Gasteiger partial charge on any atom is -0.508 e. The number of rotatable bonds is 2. The lowest BCUT2D eigenvalue weighted by atomic mass is 10.2. The van der Waals surface area contributed by atoms with Crippen molar-refractivity contribution in [1.29, 1.82) is 0 Å². The largest absolute Gasteiger partial charge is 0.508 e. The summed E-state index contributed by atoms with van der Waals surface area (Å²) < 4.78 is 0. The van der Waals surface area contributed by atoms with Gasteiger partial charge in [0.2, 0.25) is 0 Å². The van der Waals surface area contributed by atoms with Crippen molar-refractivity contribution in [2.24, 2.45) is 0 Å². The van der Waals surface area contributed by atoms with Crippen LogP contribution < -0.4 is 11.1 Å². The second kappa shape index (κ2) is 4.52. The fourth-order valence-corrected chi connectivity index (χ4v) is 1.33. The van der Waals surface area contributed by atoms with Gasteiger partial charge in [-0.25, -0.2) is 4.98 Å². The van der Waals surface area contributed by atoms with E-state index < -0.39 is 0 Å². The summed E-state index contributed by atoms with van der Waals surface area (Å²) in [7, 11) is 0. The van der Waals surface area contributed by atoms with Crippen LogP contribution in [0.15, 0.2) is 42.6 Å². The Morgan fingerprint density at radius 1 is 1.29 bits per heavy atom. The third-order valence-electron chi connectivity index (χ3n) is 2.15. The van der Waals surface area contributed by atoms with Crippen LogP contribution in [-0.2, 0) is 0 Å². The quantitative estimate of drug-likeness (QED) is 0.730. The van der Waals surface area contributed by atoms with Crippen LogP contribution in [0.25, 0.3) is 0 Å². The molecule has 4 N–H and O–H groups in total. The van der Waals surface area contributed by atoms with Gasteiger partial charge in [0.1, 0.15) is 11.6 Å². The zero-order valence-corrected chi connectivity index (χ0v) is 8.92. The number of aromatic hydroxyl groups is 1. The van der Waals surface area contributed by atoms with Gasteiger partial charge in [-0.15, -0.1) is 0 Å². The summed E-state index contributed by atoms with van der Waals surface area (Å²) in [6.45, 7) is 0. The van der Waals surface area contributed by atoms with Crippen molar-refractivity contribution in [3.05, 3.63) is 48.2 Å². The van der Waals surface area contributed by atoms with Crippen molar-refractivity contribution in [3.63, 3.8) is 0 Å². The van der Waals surface area contributed by atoms with Crippen molar-refractivity contribution < 1.29 is 9.90 Å². The van der Waals surface area contributed by atoms with E-state index in [-0.39, 0.29) is 11.7 Å². The molecule has 0 radical (unpaired) electrons. The van der Waals surface area contributed by atoms with Crippen molar-refractivity contribution in [1.82, 2.24) is 4.98 Å². The molecular weight excluding hydrogens is 218 g/mol. The van der Waals surface area contributed by atoms with Gasteiger partial charge in [-0.2, -0.15) is 0 Å². The Kier molecular flexibility index (Phi) is 2.91. The minimum atomic E-state index is -0.313. The summed E-state index contributed by atoms with van der Waals surface area (Å²) in [4.78, 5) is 15.6. The predicted octanol–water partition coefficient (Wildman–Crippen LogP) is 1.62. The van der Waals surface area contributed by atoms with Gasteiger partial charge in [0.05, 0.1) is 11.9 Å². The van der Waals surface area contributed by atoms with E-state index in [4.69, 9.17) is 5.73 Å². The van der Waals surface area contributed by atoms with E-state index in [9.17, 15) is 9.90 Å². The molecule has 0 aliphatic carbocycles. The number of benzene rings is 1. The minimum absolute atomic E-state index is 0.0491. The van der Waals surface area contributed by atoms with Crippen molar-refractivity contribution in [2.75, 3.05) is 11.1 Å². The van der Waals surface area contributed by atoms with Crippen LogP contribution in [-0.4, -0.2) is 16.0 Å². The zero-order chi connectivity index (χ0) is 12.3. The number of pyridine rings is 1. The number of nitrogens with zero attached hydrogens (tertiary/aromatic N) is 1. The molecule has 1 aromatic heterocycles. The summed E-state index contributed by atoms with van der Waals surface area (Å²) >= 11 is 0. The summed E-state index contributed by atoms with van der Waals surface area (Å²) in [5, 5.41) is 11.9. The van der Waals surface area contributed by atoms with Crippen LogP contribution >= 0.6 is 0 Å². The summed E-state index contributed by atoms with van der Waals surface area (Å²) in [6.07, 6.45) is 1.47. The number of nitrogens with two attached hydrogens (primary N) is 1. The number of hydrogen-bond donors (Lipinski definition) is 3. The van der Waals surface area contributed by atoms with E-state index in [0.717, 1.165) is 0 Å². The molecule has 17 heavy (non-hydrogen) atoms. The van der Waals surface area contributed by atoms with Gasteiger partial charge in [0.15, 0.2) is 0 Å². The van der Waals surface area contributed by atoms with Gasteiger partial charge in [-0.05, 0) is 30.3 Å². The molecule has 5 nitrogen and oxygen atoms in total. The van der Waals surface area contributed by atoms with Crippen LogP contribution in [0, 0.1) is 0 Å². The lowest BCUT2D eigenvalue weighted by Crippen LogP contribution is -2.11. The number of phenolic OH excluding ortho intramolecular Hbond substituents is 1. The topological polar surface area (TPSA) is 88.2 Å². The molecule has 0 aliphatic rings. The lowest BCUT2D eigenvalue weighted by Gasteiger charge is -2.05. The molecule has 0 fully saturated rings. The Morgan fingerprint density at radius 2 is 2.12 bits per heavy atom. The Bertz CT molecular complexity index is 538. The number of anilines is 2. The molecular formula is C12H11N3O2. The maximum atomic E-state index is 11.8. The number of amides is 1. The number of hydrogen-bond acceptors (Lipinski definition) is 4. The van der Waals surface area contributed by atoms with Crippen LogP contribution in [0.4, 0.5) is 11.5 Å². The second-order valence-electron chi connectivity index (χ2n) is 3.48. The molecule has 0 unspecified atom stereocenters. The fraction of sp³-hybridized carbons (Fsp3) is 0. The molecule has 0 aliphatic heterocycles. The third kappa shape index (κ3) is 2.72. The number of carbonyl (C=O) groups excluding carboxylic acids is 1. The zero-order valence-electron chi connectivity index (χ0n) is 8.92. The van der Waals surface area contributed by atoms with Crippen molar-refractivity contribution in [3.8, 4) is 5.75 Å². The van der Waals surface area contributed by atoms with Gasteiger partial charge >= 0.3 is 0 Å². The predicted molar refractivity (Wildman–Crippen MR) is 64.7 cm³/mol. The second-order valence-corrected chi connectivity index (χ2v) is 3.48. The monoisotopic (exact) mass is 229 g/mol. The van der Waals surface area contributed by atoms with Gasteiger partial charge in [-0.1, -0.05) is 6.07 Å². The molecule has 0 bridgehead atoms. The first-order valence-electron chi connectivity index (χ1n) is 4.97. The summed E-state index contributed by atoms with van der Waals surface area (Å²) in [5.41, 5.74) is 6.36. The fourth-order valence-electron chi connectivity index (χ4n) is 1.33. The average Bonchev–Trinajstić information content (AvgIpc) is 2.32. The Labute approximate surface area is 97.9 Å². The number of nitrogen functional groups attached to an aromatic ring is 1. The van der Waals surface area contributed by atoms with Crippen LogP contribution in [0.1, 0.15) is 10.4 Å². The van der Waals surface area contributed by atoms with Crippen LogP contribution in [0.2, 0.25) is 0 Å². The Morgan fingerprint density at radius 3 is 2.76 bits per heavy atom. The Hall–Kier alpha value is -2.56.